The summed E-state index contributed by atoms with van der Waals surface area (Å²) in [7, 11) is 0. The number of aromatic amines is 7. The number of carbonyl (C=O) groups excluding carboxylic acids is 22. The molecule has 37 N–H and O–H groups in total. The highest BCUT2D eigenvalue weighted by molar-refractivity contribution is 7.80. The Hall–Kier alpha value is -17.1. The third-order valence-corrected chi connectivity index (χ3v) is 21.7. The van der Waals surface area contributed by atoms with Crippen LogP contribution < -0.4 is 117 Å². The molecule has 7 aromatic heterocycles. The smallest absolute Gasteiger partial charge is 0.245 e. The first-order valence-corrected chi connectivity index (χ1v) is 45.9. The van der Waals surface area contributed by atoms with Crippen LogP contribution in [-0.4, -0.2) is 416 Å². The second-order valence-electron chi connectivity index (χ2n) is 32.8. The molecule has 0 saturated heterocycles. The maximum absolute atomic E-state index is 15.1. The van der Waals surface area contributed by atoms with Gasteiger partial charge in [0.1, 0.15) is 109 Å². The van der Waals surface area contributed by atoms with Gasteiger partial charge in [0, 0.05) is 141 Å². The molecule has 0 aliphatic heterocycles. The minimum atomic E-state index is -2.36. The highest BCUT2D eigenvalue weighted by Crippen LogP contribution is 2.12. The molecule has 0 bridgehead atoms. The summed E-state index contributed by atoms with van der Waals surface area (Å²) in [5.41, 5.74) is 6.22. The lowest BCUT2D eigenvalue weighted by Crippen LogP contribution is -2.64. The van der Waals surface area contributed by atoms with Gasteiger partial charge >= 0.3 is 0 Å². The number of hydrogen-bond acceptors (Lipinski definition) is 37. The molecule has 0 radical (unpaired) electrons. The van der Waals surface area contributed by atoms with E-state index in [1.807, 2.05) is 0 Å². The van der Waals surface area contributed by atoms with E-state index < -0.39 is 324 Å². The fraction of sp³-hybridized carbons (Fsp3) is 0.482. The quantitative estimate of drug-likeness (QED) is 0.0157. The number of nitrogens with two attached hydrogens (primary N) is 1. The van der Waals surface area contributed by atoms with Gasteiger partial charge in [-0.2, -0.15) is 12.6 Å². The number of thiol groups is 1. The Kier molecular flexibility index (Phi) is 48.3. The first kappa shape index (κ1) is 119. The van der Waals surface area contributed by atoms with Gasteiger partial charge in [-0.05, 0) is 0 Å². The lowest BCUT2D eigenvalue weighted by Gasteiger charge is -2.28. The number of hydrogen-bond donors (Lipinski definition) is 37. The van der Waals surface area contributed by atoms with Crippen LogP contribution in [0.5, 0.6) is 0 Å². The normalized spacial score (nSPS) is 14.7. The Morgan fingerprint density at radius 1 is 0.221 bits per heavy atom. The number of aliphatic hydroxyl groups excluding tert-OH is 7. The Bertz CT molecular complexity index is 5630. The standard InChI is InChI=1S/C83H118N36O29S/c1-37(127)102-48(5-41-12-85-30-95-41)70(135)112-58(22-120)67(132)92-19-55(109-80(145)61(25-123)115-72(137)50(104-39(3)129)7-43-14-87-32-97-43)77(142)106-52(9-45-16-89-34-99-45)74(139)114-60(24-122)69(134)94-21-57(79(144)108-54(11-47-18-91-36-101-47)76(141)118-64(28-126)83(148)119-65(29-149)66(84)131)111-82(147)63(27-125)117-75(140)53(10-46-17-90-35-100-46)107-78(143)56(110-81(146)62(26-124)116-73(138)51(105-40(4)130)8-44-15-88-33-98-44)20-93-68(133)59(23-121)113-71(136)49(103-38(2)128)6-42-13-86-31-96-42/h12-18,30-36,48-65,120-126,149H,5-11,19-29H2,1-4H3,(H2,84,131)(H,85,95)(H,86,96)(H,87,97)(H,88,98)(H,89,99)(H,90,100)(H,91,101)(H,92,132)(H,93,133)(H,94,134)(H,102,127)(H,103,128)(H,104,129)(H,105,130)(H,106,142)(H,107,143)(H,108,144)(H,109,145)(H,110,146)(H,111,147)(H,112,135)(H,113,136)(H,114,139)(H,115,137)(H,116,138)(H,117,140)(H,118,141)(H,119,148)/t48-,49-,50-,51-,52-,53-,54-,55-,56-,57-,58-,59-,60-,61-,62-,63-,64-,65-/m0/s1. The topological polar surface area (TPSA) is 997 Å². The van der Waals surface area contributed by atoms with E-state index in [9.17, 15) is 132 Å². The van der Waals surface area contributed by atoms with E-state index in [-0.39, 0.29) is 71.3 Å². The number of nitrogens with one attached hydrogen (secondary N) is 28. The molecule has 0 unspecified atom stereocenters. The monoisotopic (exact) mass is 2110 g/mol. The zero-order valence-electron chi connectivity index (χ0n) is 80.0. The van der Waals surface area contributed by atoms with E-state index in [0.29, 0.717) is 0 Å². The first-order valence-electron chi connectivity index (χ1n) is 45.3. The van der Waals surface area contributed by atoms with Crippen LogP contribution in [-0.2, 0) is 150 Å². The SMILES string of the molecule is CC(=O)N[C@@H](Cc1c[nH]cn1)C(=O)N[C@@H](CO)C(=O)NC[C@H](NC(=O)[C@H](CO)NC(=O)[C@H](Cc1c[nH]cn1)NC(C)=O)C(=O)N[C@@H](Cc1c[nH]cn1)C(=O)N[C@@H](CO)C(=O)NC[C@H](NC(=O)[C@H](CO)NC(=O)[C@H](Cc1c[nH]cn1)NC(=O)[C@H](CNC(=O)[C@H](CO)NC(=O)[C@H](Cc1c[nH]cn1)NC(C)=O)NC(=O)[C@H](CO)NC(=O)[C@H](Cc1c[nH]cn1)NC(C)=O)C(=O)N[C@@H](Cc1c[nH]cn1)C(=O)N[C@@H](CO)C(=O)N[C@@H](CS)C(N)=O. The van der Waals surface area contributed by atoms with E-state index in [4.69, 9.17) is 5.73 Å². The van der Waals surface area contributed by atoms with Crippen molar-refractivity contribution in [1.29, 1.82) is 0 Å². The highest BCUT2D eigenvalue weighted by Gasteiger charge is 2.41. The van der Waals surface area contributed by atoms with Crippen molar-refractivity contribution in [2.24, 2.45) is 5.73 Å². The van der Waals surface area contributed by atoms with Gasteiger partial charge in [-0.3, -0.25) is 105 Å². The number of nitrogens with zero attached hydrogens (tertiary/aromatic N) is 7. The molecule has 18 atom stereocenters. The van der Waals surface area contributed by atoms with E-state index in [1.54, 1.807) is 0 Å². The van der Waals surface area contributed by atoms with Gasteiger partial charge in [0.05, 0.1) is 130 Å². The summed E-state index contributed by atoms with van der Waals surface area (Å²) in [6.45, 7) is -8.11. The van der Waals surface area contributed by atoms with Crippen molar-refractivity contribution in [3.8, 4) is 0 Å². The number of aliphatic hydroxyl groups is 7. The van der Waals surface area contributed by atoms with Gasteiger partial charge in [-0.15, -0.1) is 0 Å². The minimum Gasteiger partial charge on any atom is -0.394 e. The lowest BCUT2D eigenvalue weighted by molar-refractivity contribution is -0.137. The summed E-state index contributed by atoms with van der Waals surface area (Å²) in [4.78, 5) is 353. The lowest BCUT2D eigenvalue weighted by atomic mass is 10.1. The predicted molar refractivity (Wildman–Crippen MR) is 505 cm³/mol. The number of primary amides is 1. The van der Waals surface area contributed by atoms with Crippen molar-refractivity contribution >= 4 is 143 Å². The van der Waals surface area contributed by atoms with Crippen LogP contribution in [0.25, 0.3) is 0 Å². The molecule has 0 aliphatic rings. The maximum atomic E-state index is 15.1. The van der Waals surface area contributed by atoms with E-state index in [0.717, 1.165) is 46.7 Å². The second kappa shape index (κ2) is 60.6. The zero-order chi connectivity index (χ0) is 110. The number of amides is 22. The van der Waals surface area contributed by atoms with Crippen LogP contribution in [0.1, 0.15) is 67.6 Å². The number of aromatic nitrogens is 14. The highest BCUT2D eigenvalue weighted by atomic mass is 32.1. The molecule has 0 aromatic carbocycles. The second-order valence-corrected chi connectivity index (χ2v) is 33.2. The van der Waals surface area contributed by atoms with Crippen molar-refractivity contribution in [3.63, 3.8) is 0 Å². The van der Waals surface area contributed by atoms with Gasteiger partial charge in [0.15, 0.2) is 0 Å². The summed E-state index contributed by atoms with van der Waals surface area (Å²) in [6, 6.07) is -34.5. The third-order valence-electron chi connectivity index (χ3n) is 21.3. The third kappa shape index (κ3) is 39.4. The molecule has 810 valence electrons. The fourth-order valence-corrected chi connectivity index (χ4v) is 14.0. The largest absolute Gasteiger partial charge is 0.394 e. The van der Waals surface area contributed by atoms with Gasteiger partial charge in [0.2, 0.25) is 130 Å². The van der Waals surface area contributed by atoms with Crippen molar-refractivity contribution in [2.75, 3.05) is 71.6 Å². The van der Waals surface area contributed by atoms with Crippen LogP contribution >= 0.6 is 12.6 Å². The van der Waals surface area contributed by atoms with Crippen LogP contribution in [0.3, 0.4) is 0 Å². The number of H-pyrrole nitrogens is 7. The molecule has 0 spiro atoms. The summed E-state index contributed by atoms with van der Waals surface area (Å²) in [5, 5.41) is 122. The molecular formula is C83H118N36O29S. The van der Waals surface area contributed by atoms with Crippen LogP contribution in [0.2, 0.25) is 0 Å². The average Bonchev–Trinajstić information content (AvgIpc) is 1.39. The predicted octanol–water partition coefficient (Wildman–Crippen LogP) is -19.7. The van der Waals surface area contributed by atoms with E-state index >= 15 is 9.59 Å². The molecule has 149 heavy (non-hydrogen) atoms. The van der Waals surface area contributed by atoms with Gasteiger partial charge in [-0.1, -0.05) is 0 Å². The van der Waals surface area contributed by atoms with Crippen molar-refractivity contribution in [3.05, 3.63) is 128 Å². The molecule has 22 amide bonds. The number of imidazole rings is 7. The Morgan fingerprint density at radius 2 is 0.356 bits per heavy atom. The summed E-state index contributed by atoms with van der Waals surface area (Å²) in [6.07, 6.45) is 14.4. The molecular weight excluding hydrogens is 2000 g/mol. The molecule has 7 heterocycles. The first-order chi connectivity index (χ1) is 71.1. The molecule has 0 saturated carbocycles. The molecule has 7 rings (SSSR count). The molecule has 0 fully saturated rings. The molecule has 66 heteroatoms. The van der Waals surface area contributed by atoms with Crippen molar-refractivity contribution < 1.29 is 141 Å². The molecule has 7 aromatic rings. The van der Waals surface area contributed by atoms with Crippen molar-refractivity contribution in [1.82, 2.24) is 181 Å². The summed E-state index contributed by atoms with van der Waals surface area (Å²) >= 11 is 3.99. The minimum absolute atomic E-state index is 0.0254. The maximum Gasteiger partial charge on any atom is 0.245 e. The van der Waals surface area contributed by atoms with Crippen LogP contribution in [0, 0.1) is 0 Å². The zero-order valence-corrected chi connectivity index (χ0v) is 80.9. The van der Waals surface area contributed by atoms with Gasteiger partial charge in [-0.25, -0.2) is 34.9 Å². The van der Waals surface area contributed by atoms with Crippen LogP contribution in [0.4, 0.5) is 0 Å². The fourth-order valence-electron chi connectivity index (χ4n) is 13.7. The number of carbonyl (C=O) groups is 22. The summed E-state index contributed by atoms with van der Waals surface area (Å²) < 4.78 is 0. The Balaban J connectivity index is 1.21. The molecule has 0 aliphatic carbocycles. The van der Waals surface area contributed by atoms with Crippen molar-refractivity contribution in [2.45, 2.75) is 181 Å². The van der Waals surface area contributed by atoms with Crippen LogP contribution in [0.15, 0.2) is 87.7 Å². The Labute approximate surface area is 848 Å². The Morgan fingerprint density at radius 3 is 0.497 bits per heavy atom. The molecule has 65 nitrogen and oxygen atoms in total. The number of rotatable bonds is 64. The average molecular weight is 2120 g/mol. The summed E-state index contributed by atoms with van der Waals surface area (Å²) in [5.74, 6) is -27.1. The van der Waals surface area contributed by atoms with E-state index in [2.05, 4.69) is 194 Å². The van der Waals surface area contributed by atoms with Gasteiger partial charge in [0.25, 0.3) is 0 Å². The van der Waals surface area contributed by atoms with Gasteiger partial charge < -0.3 is 188 Å². The van der Waals surface area contributed by atoms with E-state index in [1.165, 1.54) is 68.7 Å².